The van der Waals surface area contributed by atoms with Crippen molar-refractivity contribution in [2.24, 2.45) is 10.9 Å². The number of hydrogen-bond donors (Lipinski definition) is 1. The van der Waals surface area contributed by atoms with Crippen LogP contribution in [0.1, 0.15) is 15.9 Å². The second kappa shape index (κ2) is 9.36. The highest BCUT2D eigenvalue weighted by Gasteiger charge is 2.19. The lowest BCUT2D eigenvalue weighted by atomic mass is 10.1. The van der Waals surface area contributed by atoms with Crippen molar-refractivity contribution in [3.05, 3.63) is 41.5 Å². The molecule has 0 spiro atoms. The van der Waals surface area contributed by atoms with E-state index in [1.807, 2.05) is 0 Å². The number of benzene rings is 2. The molecule has 0 saturated carbocycles. The summed E-state index contributed by atoms with van der Waals surface area (Å²) >= 11 is 0. The van der Waals surface area contributed by atoms with Gasteiger partial charge in [0.05, 0.1) is 35.5 Å². The van der Waals surface area contributed by atoms with E-state index in [1.165, 1.54) is 47.7 Å². The third-order valence-corrected chi connectivity index (χ3v) is 3.83. The number of nitrogens with zero attached hydrogens (tertiary/aromatic N) is 1. The van der Waals surface area contributed by atoms with Gasteiger partial charge in [-0.05, 0) is 18.2 Å². The number of ether oxygens (including phenoxy) is 5. The Balaban J connectivity index is 2.27. The number of rotatable bonds is 8. The number of nitrogens with two attached hydrogens (primary N) is 1. The summed E-state index contributed by atoms with van der Waals surface area (Å²) in [7, 11) is 7.36. The van der Waals surface area contributed by atoms with Gasteiger partial charge < -0.3 is 34.3 Å². The summed E-state index contributed by atoms with van der Waals surface area (Å²) in [6.07, 6.45) is 0. The van der Waals surface area contributed by atoms with Crippen LogP contribution in [0.4, 0.5) is 0 Å². The van der Waals surface area contributed by atoms with Gasteiger partial charge in [-0.1, -0.05) is 5.16 Å². The fourth-order valence-corrected chi connectivity index (χ4v) is 2.38. The van der Waals surface area contributed by atoms with Crippen LogP contribution in [0.5, 0.6) is 28.7 Å². The summed E-state index contributed by atoms with van der Waals surface area (Å²) in [4.78, 5) is 17.4. The van der Waals surface area contributed by atoms with E-state index in [-0.39, 0.29) is 17.1 Å². The Labute approximate surface area is 162 Å². The predicted octanol–water partition coefficient (Wildman–Crippen LogP) is 2.21. The molecule has 2 aromatic carbocycles. The zero-order chi connectivity index (χ0) is 20.7. The second-order valence-electron chi connectivity index (χ2n) is 5.33. The molecule has 0 unspecified atom stereocenters. The molecule has 9 heteroatoms. The summed E-state index contributed by atoms with van der Waals surface area (Å²) < 4.78 is 26.0. The van der Waals surface area contributed by atoms with Gasteiger partial charge in [0.1, 0.15) is 11.3 Å². The van der Waals surface area contributed by atoms with Crippen LogP contribution in [-0.2, 0) is 4.84 Å². The molecule has 0 atom stereocenters. The van der Waals surface area contributed by atoms with E-state index < -0.39 is 5.97 Å². The van der Waals surface area contributed by atoms with Crippen LogP contribution >= 0.6 is 0 Å². The Hall–Kier alpha value is -3.62. The van der Waals surface area contributed by atoms with Crippen molar-refractivity contribution in [1.29, 1.82) is 0 Å². The van der Waals surface area contributed by atoms with Gasteiger partial charge in [-0.3, -0.25) is 0 Å². The SMILES string of the molecule is COc1ccc(/C(N)=N/OC(=O)c2cc(OC)c(OC)cc2OC)cc1OC. The highest BCUT2D eigenvalue weighted by atomic mass is 16.7. The van der Waals surface area contributed by atoms with E-state index in [0.717, 1.165) is 0 Å². The maximum absolute atomic E-state index is 12.4. The number of hydrogen-bond acceptors (Lipinski definition) is 8. The fourth-order valence-electron chi connectivity index (χ4n) is 2.38. The maximum atomic E-state index is 12.4. The summed E-state index contributed by atoms with van der Waals surface area (Å²) in [6, 6.07) is 7.88. The van der Waals surface area contributed by atoms with Crippen molar-refractivity contribution in [1.82, 2.24) is 0 Å². The van der Waals surface area contributed by atoms with Gasteiger partial charge >= 0.3 is 5.97 Å². The van der Waals surface area contributed by atoms with Crippen molar-refractivity contribution in [2.45, 2.75) is 0 Å². The lowest BCUT2D eigenvalue weighted by molar-refractivity contribution is 0.0512. The van der Waals surface area contributed by atoms with Crippen LogP contribution in [0.15, 0.2) is 35.5 Å². The summed E-state index contributed by atoms with van der Waals surface area (Å²) in [5.74, 6) is 1.19. The zero-order valence-corrected chi connectivity index (χ0v) is 16.3. The van der Waals surface area contributed by atoms with Gasteiger partial charge in [-0.2, -0.15) is 0 Å². The average Bonchev–Trinajstić information content (AvgIpc) is 2.75. The van der Waals surface area contributed by atoms with Gasteiger partial charge in [0.2, 0.25) is 0 Å². The normalized spacial score (nSPS) is 10.8. The molecule has 2 aromatic rings. The Morgan fingerprint density at radius 2 is 1.29 bits per heavy atom. The van der Waals surface area contributed by atoms with Gasteiger partial charge in [0, 0.05) is 17.7 Å². The minimum atomic E-state index is -0.777. The molecule has 150 valence electrons. The molecule has 0 aliphatic carbocycles. The van der Waals surface area contributed by atoms with E-state index in [1.54, 1.807) is 18.2 Å². The first-order valence-corrected chi connectivity index (χ1v) is 8.06. The number of carbonyl (C=O) groups is 1. The van der Waals surface area contributed by atoms with Crippen LogP contribution in [0.25, 0.3) is 0 Å². The molecule has 0 amide bonds. The van der Waals surface area contributed by atoms with Crippen LogP contribution in [0.2, 0.25) is 0 Å². The van der Waals surface area contributed by atoms with Crippen LogP contribution in [0.3, 0.4) is 0 Å². The molecule has 0 aliphatic heterocycles. The first-order valence-electron chi connectivity index (χ1n) is 8.06. The third kappa shape index (κ3) is 4.37. The molecule has 0 fully saturated rings. The Kier molecular flexibility index (Phi) is 6.91. The fraction of sp³-hybridized carbons (Fsp3) is 0.263. The Morgan fingerprint density at radius 1 is 0.750 bits per heavy atom. The van der Waals surface area contributed by atoms with Gasteiger partial charge in [0.25, 0.3) is 0 Å². The number of carbonyl (C=O) groups excluding carboxylic acids is 1. The first kappa shape index (κ1) is 20.7. The first-order chi connectivity index (χ1) is 13.5. The molecule has 2 N–H and O–H groups in total. The van der Waals surface area contributed by atoms with Crippen molar-refractivity contribution < 1.29 is 33.3 Å². The Bertz CT molecular complexity index is 881. The van der Waals surface area contributed by atoms with Crippen LogP contribution in [-0.4, -0.2) is 47.4 Å². The minimum Gasteiger partial charge on any atom is -0.496 e. The molecule has 0 heterocycles. The smallest absolute Gasteiger partial charge is 0.369 e. The van der Waals surface area contributed by atoms with Gasteiger partial charge in [-0.25, -0.2) is 4.79 Å². The van der Waals surface area contributed by atoms with Gasteiger partial charge in [-0.15, -0.1) is 0 Å². The standard InChI is InChI=1S/C19H22N2O7/c1-23-13-7-6-11(8-15(13)25-3)18(20)21-28-19(22)12-9-16(26-4)17(27-5)10-14(12)24-2/h6-10H,1-5H3,(H2,20,21). The quantitative estimate of drug-likeness (QED) is 0.316. The summed E-state index contributed by atoms with van der Waals surface area (Å²) in [5.41, 5.74) is 6.50. The maximum Gasteiger partial charge on any atom is 0.369 e. The molecule has 0 aliphatic rings. The monoisotopic (exact) mass is 390 g/mol. The highest BCUT2D eigenvalue weighted by molar-refractivity contribution is 5.99. The topological polar surface area (TPSA) is 111 Å². The molecule has 9 nitrogen and oxygen atoms in total. The molecular weight excluding hydrogens is 368 g/mol. The third-order valence-electron chi connectivity index (χ3n) is 3.83. The molecular formula is C19H22N2O7. The van der Waals surface area contributed by atoms with Crippen molar-refractivity contribution in [3.8, 4) is 28.7 Å². The summed E-state index contributed by atoms with van der Waals surface area (Å²) in [5, 5.41) is 3.70. The molecule has 0 radical (unpaired) electrons. The lowest BCUT2D eigenvalue weighted by Crippen LogP contribution is -2.16. The number of amidine groups is 1. The predicted molar refractivity (Wildman–Crippen MR) is 102 cm³/mol. The van der Waals surface area contributed by atoms with E-state index in [2.05, 4.69) is 5.16 Å². The number of methoxy groups -OCH3 is 5. The average molecular weight is 390 g/mol. The van der Waals surface area contributed by atoms with Crippen LogP contribution < -0.4 is 29.4 Å². The van der Waals surface area contributed by atoms with Crippen molar-refractivity contribution >= 4 is 11.8 Å². The molecule has 0 bridgehead atoms. The summed E-state index contributed by atoms with van der Waals surface area (Å²) in [6.45, 7) is 0. The van der Waals surface area contributed by atoms with Gasteiger partial charge in [0.15, 0.2) is 28.8 Å². The van der Waals surface area contributed by atoms with E-state index >= 15 is 0 Å². The lowest BCUT2D eigenvalue weighted by Gasteiger charge is -2.12. The Morgan fingerprint density at radius 3 is 1.86 bits per heavy atom. The van der Waals surface area contributed by atoms with Crippen molar-refractivity contribution in [2.75, 3.05) is 35.5 Å². The van der Waals surface area contributed by atoms with E-state index in [0.29, 0.717) is 28.6 Å². The van der Waals surface area contributed by atoms with Crippen LogP contribution in [0, 0.1) is 0 Å². The highest BCUT2D eigenvalue weighted by Crippen LogP contribution is 2.35. The van der Waals surface area contributed by atoms with E-state index in [4.69, 9.17) is 34.3 Å². The largest absolute Gasteiger partial charge is 0.496 e. The molecule has 28 heavy (non-hydrogen) atoms. The second-order valence-corrected chi connectivity index (χ2v) is 5.33. The zero-order valence-electron chi connectivity index (χ0n) is 16.3. The van der Waals surface area contributed by atoms with E-state index in [9.17, 15) is 4.79 Å². The minimum absolute atomic E-state index is 0.0197. The van der Waals surface area contributed by atoms with Crippen molar-refractivity contribution in [3.63, 3.8) is 0 Å². The molecule has 2 rings (SSSR count). The molecule has 0 saturated heterocycles. The molecule has 0 aromatic heterocycles. The number of oxime groups is 1.